The molecule has 0 aliphatic carbocycles. The van der Waals surface area contributed by atoms with Gasteiger partial charge in [0, 0.05) is 58.9 Å². The van der Waals surface area contributed by atoms with E-state index in [1.54, 1.807) is 0 Å². The minimum atomic E-state index is 0.305. The van der Waals surface area contributed by atoms with Crippen molar-refractivity contribution in [1.82, 2.24) is 19.6 Å². The van der Waals surface area contributed by atoms with Crippen molar-refractivity contribution in [2.75, 3.05) is 65.4 Å². The van der Waals surface area contributed by atoms with E-state index in [1.165, 1.54) is 5.56 Å². The van der Waals surface area contributed by atoms with Crippen LogP contribution in [0.2, 0.25) is 0 Å². The molecule has 0 N–H and O–H groups in total. The Morgan fingerprint density at radius 2 is 1.42 bits per heavy atom. The second-order valence-electron chi connectivity index (χ2n) is 6.85. The van der Waals surface area contributed by atoms with Crippen molar-refractivity contribution < 1.29 is 4.79 Å². The lowest BCUT2D eigenvalue weighted by molar-refractivity contribution is -0.134. The Morgan fingerprint density at radius 3 is 2.04 bits per heavy atom. The maximum atomic E-state index is 12.5. The Bertz CT molecular complexity index is 505. The zero-order valence-corrected chi connectivity index (χ0v) is 14.9. The van der Waals surface area contributed by atoms with Gasteiger partial charge < -0.3 is 9.80 Å². The van der Waals surface area contributed by atoms with Crippen LogP contribution >= 0.6 is 0 Å². The summed E-state index contributed by atoms with van der Waals surface area (Å²) in [5, 5.41) is 0. The van der Waals surface area contributed by atoms with Crippen LogP contribution in [-0.2, 0) is 11.3 Å². The molecule has 0 radical (unpaired) electrons. The Hall–Kier alpha value is -1.43. The van der Waals surface area contributed by atoms with Gasteiger partial charge in [0.15, 0.2) is 0 Å². The van der Waals surface area contributed by atoms with E-state index in [2.05, 4.69) is 52.0 Å². The van der Waals surface area contributed by atoms with Crippen molar-refractivity contribution in [2.45, 2.75) is 13.5 Å². The van der Waals surface area contributed by atoms with Crippen LogP contribution in [0.4, 0.5) is 0 Å². The molecule has 2 saturated heterocycles. The molecule has 1 aromatic rings. The summed E-state index contributed by atoms with van der Waals surface area (Å²) in [6.07, 6.45) is 0. The number of piperazine rings is 2. The molecule has 2 aliphatic heterocycles. The Labute approximate surface area is 145 Å². The van der Waals surface area contributed by atoms with E-state index in [9.17, 15) is 4.79 Å². The highest BCUT2D eigenvalue weighted by Crippen LogP contribution is 2.09. The molecule has 0 bridgehead atoms. The average molecular weight is 330 g/mol. The molecule has 5 heteroatoms. The predicted octanol–water partition coefficient (Wildman–Crippen LogP) is 0.968. The summed E-state index contributed by atoms with van der Waals surface area (Å²) >= 11 is 0. The molecule has 1 amide bonds. The van der Waals surface area contributed by atoms with Gasteiger partial charge in [-0.1, -0.05) is 37.3 Å². The summed E-state index contributed by atoms with van der Waals surface area (Å²) in [6, 6.07) is 10.6. The summed E-state index contributed by atoms with van der Waals surface area (Å²) in [4.78, 5) is 21.8. The molecule has 132 valence electrons. The summed E-state index contributed by atoms with van der Waals surface area (Å²) in [5.41, 5.74) is 1.35. The smallest absolute Gasteiger partial charge is 0.236 e. The molecule has 1 aromatic carbocycles. The van der Waals surface area contributed by atoms with Gasteiger partial charge in [0.25, 0.3) is 0 Å². The summed E-state index contributed by atoms with van der Waals surface area (Å²) in [6.45, 7) is 12.8. The van der Waals surface area contributed by atoms with Crippen LogP contribution in [0.1, 0.15) is 12.5 Å². The van der Waals surface area contributed by atoms with Crippen LogP contribution in [0.3, 0.4) is 0 Å². The van der Waals surface area contributed by atoms with Crippen molar-refractivity contribution in [3.05, 3.63) is 35.9 Å². The van der Waals surface area contributed by atoms with E-state index in [0.717, 1.165) is 65.4 Å². The van der Waals surface area contributed by atoms with Crippen LogP contribution < -0.4 is 0 Å². The first-order valence-electron chi connectivity index (χ1n) is 9.23. The minimum absolute atomic E-state index is 0.305. The van der Waals surface area contributed by atoms with Crippen LogP contribution in [0.25, 0.3) is 0 Å². The van der Waals surface area contributed by atoms with Gasteiger partial charge in [0.1, 0.15) is 0 Å². The molecular formula is C19H30N4O. The summed E-state index contributed by atoms with van der Waals surface area (Å²) in [7, 11) is 0. The fourth-order valence-electron chi connectivity index (χ4n) is 3.55. The van der Waals surface area contributed by atoms with Crippen LogP contribution in [0.5, 0.6) is 0 Å². The summed E-state index contributed by atoms with van der Waals surface area (Å²) < 4.78 is 0. The SMILES string of the molecule is CCN1CCN(CC(=O)N2CCN(Cc3ccccc3)CC2)CC1. The highest BCUT2D eigenvalue weighted by molar-refractivity contribution is 5.78. The van der Waals surface area contributed by atoms with Crippen molar-refractivity contribution in [3.8, 4) is 0 Å². The van der Waals surface area contributed by atoms with Gasteiger partial charge in [0.05, 0.1) is 6.54 Å². The lowest BCUT2D eigenvalue weighted by Gasteiger charge is -2.37. The molecule has 0 saturated carbocycles. The molecule has 24 heavy (non-hydrogen) atoms. The topological polar surface area (TPSA) is 30.0 Å². The Kier molecular flexibility index (Phi) is 6.24. The zero-order chi connectivity index (χ0) is 16.8. The number of benzene rings is 1. The number of carbonyl (C=O) groups is 1. The van der Waals surface area contributed by atoms with Gasteiger partial charge in [-0.2, -0.15) is 0 Å². The first kappa shape index (κ1) is 17.4. The van der Waals surface area contributed by atoms with Crippen LogP contribution in [0, 0.1) is 0 Å². The van der Waals surface area contributed by atoms with Crippen LogP contribution in [-0.4, -0.2) is 91.0 Å². The molecule has 0 spiro atoms. The van der Waals surface area contributed by atoms with E-state index >= 15 is 0 Å². The van der Waals surface area contributed by atoms with Gasteiger partial charge >= 0.3 is 0 Å². The number of hydrogen-bond acceptors (Lipinski definition) is 4. The van der Waals surface area contributed by atoms with Gasteiger partial charge in [-0.3, -0.25) is 14.6 Å². The molecule has 3 rings (SSSR count). The molecular weight excluding hydrogens is 300 g/mol. The maximum Gasteiger partial charge on any atom is 0.236 e. The van der Waals surface area contributed by atoms with E-state index in [0.29, 0.717) is 12.5 Å². The third-order valence-corrected chi connectivity index (χ3v) is 5.24. The van der Waals surface area contributed by atoms with Crippen molar-refractivity contribution >= 4 is 5.91 Å². The largest absolute Gasteiger partial charge is 0.339 e. The van der Waals surface area contributed by atoms with Crippen LogP contribution in [0.15, 0.2) is 30.3 Å². The monoisotopic (exact) mass is 330 g/mol. The van der Waals surface area contributed by atoms with Gasteiger partial charge in [-0.05, 0) is 12.1 Å². The van der Waals surface area contributed by atoms with E-state index in [-0.39, 0.29) is 0 Å². The first-order chi connectivity index (χ1) is 11.7. The molecule has 0 unspecified atom stereocenters. The quantitative estimate of drug-likeness (QED) is 0.805. The van der Waals surface area contributed by atoms with E-state index in [4.69, 9.17) is 0 Å². The van der Waals surface area contributed by atoms with E-state index < -0.39 is 0 Å². The number of nitrogens with zero attached hydrogens (tertiary/aromatic N) is 4. The minimum Gasteiger partial charge on any atom is -0.339 e. The number of amides is 1. The Balaban J connectivity index is 1.39. The fourth-order valence-corrected chi connectivity index (χ4v) is 3.55. The second kappa shape index (κ2) is 8.60. The molecule has 5 nitrogen and oxygen atoms in total. The number of likely N-dealkylation sites (N-methyl/N-ethyl adjacent to an activating group) is 1. The van der Waals surface area contributed by atoms with Gasteiger partial charge in [0.2, 0.25) is 5.91 Å². The summed E-state index contributed by atoms with van der Waals surface area (Å²) in [5.74, 6) is 0.305. The van der Waals surface area contributed by atoms with Crippen molar-refractivity contribution in [3.63, 3.8) is 0 Å². The standard InChI is InChI=1S/C19H30N4O/c1-2-20-8-10-22(11-9-20)17-19(24)23-14-12-21(13-15-23)16-18-6-4-3-5-7-18/h3-7H,2,8-17H2,1H3. The van der Waals surface area contributed by atoms with E-state index in [1.807, 2.05) is 4.90 Å². The molecule has 2 aliphatic rings. The fraction of sp³-hybridized carbons (Fsp3) is 0.632. The van der Waals surface area contributed by atoms with Gasteiger partial charge in [-0.15, -0.1) is 0 Å². The highest BCUT2D eigenvalue weighted by Gasteiger charge is 2.24. The number of carbonyl (C=O) groups excluding carboxylic acids is 1. The lowest BCUT2D eigenvalue weighted by atomic mass is 10.2. The molecule has 2 heterocycles. The third-order valence-electron chi connectivity index (χ3n) is 5.24. The molecule has 0 aromatic heterocycles. The third kappa shape index (κ3) is 4.79. The molecule has 2 fully saturated rings. The van der Waals surface area contributed by atoms with Crippen molar-refractivity contribution in [1.29, 1.82) is 0 Å². The zero-order valence-electron chi connectivity index (χ0n) is 14.9. The first-order valence-corrected chi connectivity index (χ1v) is 9.23. The predicted molar refractivity (Wildman–Crippen MR) is 96.9 cm³/mol. The van der Waals surface area contributed by atoms with Crippen molar-refractivity contribution in [2.24, 2.45) is 0 Å². The second-order valence-corrected chi connectivity index (χ2v) is 6.85. The normalized spacial score (nSPS) is 21.1. The number of hydrogen-bond donors (Lipinski definition) is 0. The molecule has 0 atom stereocenters. The highest BCUT2D eigenvalue weighted by atomic mass is 16.2. The van der Waals surface area contributed by atoms with Gasteiger partial charge in [-0.25, -0.2) is 0 Å². The maximum absolute atomic E-state index is 12.5. The Morgan fingerprint density at radius 1 is 0.833 bits per heavy atom. The number of rotatable bonds is 5. The lowest BCUT2D eigenvalue weighted by Crippen LogP contribution is -2.53. The average Bonchev–Trinajstić information content (AvgIpc) is 2.64.